The Bertz CT molecular complexity index is 678. The molecule has 0 fully saturated rings. The number of amides is 1. The Morgan fingerprint density at radius 1 is 1.08 bits per heavy atom. The lowest BCUT2D eigenvalue weighted by molar-refractivity contribution is -0.145. The number of rotatable bonds is 6. The van der Waals surface area contributed by atoms with E-state index in [-0.39, 0.29) is 18.3 Å². The molecule has 25 heavy (non-hydrogen) atoms. The molecule has 2 aromatic rings. The van der Waals surface area contributed by atoms with Crippen molar-refractivity contribution in [2.75, 3.05) is 26.2 Å². The molecule has 0 saturated carbocycles. The second-order valence-corrected chi connectivity index (χ2v) is 6.05. The van der Waals surface area contributed by atoms with Crippen molar-refractivity contribution in [1.29, 1.82) is 0 Å². The van der Waals surface area contributed by atoms with Gasteiger partial charge in [-0.2, -0.15) is 0 Å². The summed E-state index contributed by atoms with van der Waals surface area (Å²) < 4.78 is 5.81. The van der Waals surface area contributed by atoms with Crippen LogP contribution in [0.15, 0.2) is 54.6 Å². The first-order chi connectivity index (χ1) is 11.8. The van der Waals surface area contributed by atoms with Gasteiger partial charge in [0.15, 0.2) is 6.10 Å². The molecule has 1 amide bonds. The Hall–Kier alpha value is -1.88. The monoisotopic (exact) mass is 360 g/mol. The number of fused-ring (bicyclic) bond motifs is 1. The van der Waals surface area contributed by atoms with Crippen molar-refractivity contribution in [3.63, 3.8) is 0 Å². The molecule has 1 heterocycles. The van der Waals surface area contributed by atoms with Crippen LogP contribution in [0.25, 0.3) is 0 Å². The molecule has 0 radical (unpaired) electrons. The number of carbonyl (C=O) groups is 1. The van der Waals surface area contributed by atoms with Crippen LogP contribution >= 0.6 is 12.4 Å². The lowest BCUT2D eigenvalue weighted by atomic mass is 9.96. The minimum Gasteiger partial charge on any atom is -0.363 e. The molecule has 2 N–H and O–H groups in total. The van der Waals surface area contributed by atoms with Crippen molar-refractivity contribution in [3.05, 3.63) is 71.3 Å². The van der Waals surface area contributed by atoms with Gasteiger partial charge < -0.3 is 15.4 Å². The highest BCUT2D eigenvalue weighted by atomic mass is 35.5. The van der Waals surface area contributed by atoms with E-state index in [1.807, 2.05) is 41.3 Å². The summed E-state index contributed by atoms with van der Waals surface area (Å²) in [7, 11) is 0. The van der Waals surface area contributed by atoms with Crippen LogP contribution < -0.4 is 5.73 Å². The molecule has 1 unspecified atom stereocenters. The summed E-state index contributed by atoms with van der Waals surface area (Å²) in [5.41, 5.74) is 9.15. The summed E-state index contributed by atoms with van der Waals surface area (Å²) in [5, 5.41) is 0. The zero-order chi connectivity index (χ0) is 16.8. The highest BCUT2D eigenvalue weighted by molar-refractivity contribution is 5.85. The van der Waals surface area contributed by atoms with Gasteiger partial charge in [0.2, 0.25) is 0 Å². The van der Waals surface area contributed by atoms with Gasteiger partial charge in [0.1, 0.15) is 0 Å². The Morgan fingerprint density at radius 2 is 1.80 bits per heavy atom. The molecule has 134 valence electrons. The zero-order valence-electron chi connectivity index (χ0n) is 14.3. The second-order valence-electron chi connectivity index (χ2n) is 6.05. The largest absolute Gasteiger partial charge is 0.363 e. The normalized spacial score (nSPS) is 15.8. The number of nitrogens with zero attached hydrogens (tertiary/aromatic N) is 1. The van der Waals surface area contributed by atoms with Crippen molar-refractivity contribution in [3.8, 4) is 0 Å². The topological polar surface area (TPSA) is 55.6 Å². The van der Waals surface area contributed by atoms with E-state index < -0.39 is 6.10 Å². The highest BCUT2D eigenvalue weighted by Gasteiger charge is 2.30. The predicted octanol–water partition coefficient (Wildman–Crippen LogP) is 2.75. The van der Waals surface area contributed by atoms with Gasteiger partial charge >= 0.3 is 0 Å². The molecule has 1 aliphatic heterocycles. The van der Waals surface area contributed by atoms with E-state index in [2.05, 4.69) is 18.2 Å². The van der Waals surface area contributed by atoms with Crippen molar-refractivity contribution < 1.29 is 9.53 Å². The molecule has 5 heteroatoms. The summed E-state index contributed by atoms with van der Waals surface area (Å²) in [6.45, 7) is 2.24. The summed E-state index contributed by atoms with van der Waals surface area (Å²) in [5.74, 6) is 0.0172. The standard InChI is InChI=1S/C20H24N2O2.ClH/c21-12-14-22(13-10-16-6-2-1-3-7-16)20(23)19-18-9-5-4-8-17(18)11-15-24-19;/h1-9,19H,10-15,21H2;1H. The van der Waals surface area contributed by atoms with Crippen LogP contribution in [0.4, 0.5) is 0 Å². The average Bonchev–Trinajstić information content (AvgIpc) is 2.65. The van der Waals surface area contributed by atoms with Gasteiger partial charge in [-0.25, -0.2) is 0 Å². The highest BCUT2D eigenvalue weighted by Crippen LogP contribution is 2.28. The number of nitrogens with two attached hydrogens (primary N) is 1. The van der Waals surface area contributed by atoms with Crippen molar-refractivity contribution in [1.82, 2.24) is 4.90 Å². The van der Waals surface area contributed by atoms with Crippen molar-refractivity contribution >= 4 is 18.3 Å². The fraction of sp³-hybridized carbons (Fsp3) is 0.350. The SMILES string of the molecule is Cl.NCCN(CCc1ccccc1)C(=O)C1OCCc2ccccc21. The van der Waals surface area contributed by atoms with Gasteiger partial charge in [-0.1, -0.05) is 54.6 Å². The fourth-order valence-electron chi connectivity index (χ4n) is 3.16. The first kappa shape index (κ1) is 19.4. The van der Waals surface area contributed by atoms with Crippen LogP contribution in [0.1, 0.15) is 22.8 Å². The van der Waals surface area contributed by atoms with Crippen LogP contribution in [0.3, 0.4) is 0 Å². The Labute approximate surface area is 155 Å². The van der Waals surface area contributed by atoms with E-state index in [0.29, 0.717) is 26.2 Å². The molecule has 0 aliphatic carbocycles. The molecule has 3 rings (SSSR count). The summed E-state index contributed by atoms with van der Waals surface area (Å²) in [6, 6.07) is 18.2. The number of hydrogen-bond acceptors (Lipinski definition) is 3. The Kier molecular flexibility index (Phi) is 7.44. The zero-order valence-corrected chi connectivity index (χ0v) is 15.1. The van der Waals surface area contributed by atoms with E-state index in [1.54, 1.807) is 0 Å². The summed E-state index contributed by atoms with van der Waals surface area (Å²) in [4.78, 5) is 14.9. The molecule has 1 aliphatic rings. The summed E-state index contributed by atoms with van der Waals surface area (Å²) >= 11 is 0. The van der Waals surface area contributed by atoms with Gasteiger partial charge in [0.05, 0.1) is 6.61 Å². The maximum atomic E-state index is 13.0. The quantitative estimate of drug-likeness (QED) is 0.861. The van der Waals surface area contributed by atoms with Crippen LogP contribution in [0, 0.1) is 0 Å². The molecule has 1 atom stereocenters. The van der Waals surface area contributed by atoms with Gasteiger partial charge in [0.25, 0.3) is 5.91 Å². The summed E-state index contributed by atoms with van der Waals surface area (Å²) in [6.07, 6.45) is 1.18. The fourth-order valence-corrected chi connectivity index (χ4v) is 3.16. The van der Waals surface area contributed by atoms with E-state index >= 15 is 0 Å². The molecular weight excluding hydrogens is 336 g/mol. The van der Waals surface area contributed by atoms with E-state index in [0.717, 1.165) is 18.4 Å². The third-order valence-electron chi connectivity index (χ3n) is 4.44. The molecule has 4 nitrogen and oxygen atoms in total. The second kappa shape index (κ2) is 9.56. The average molecular weight is 361 g/mol. The van der Waals surface area contributed by atoms with Crippen LogP contribution in [-0.4, -0.2) is 37.0 Å². The van der Waals surface area contributed by atoms with Crippen LogP contribution in [-0.2, 0) is 22.4 Å². The number of carbonyl (C=O) groups excluding carboxylic acids is 1. The van der Waals surface area contributed by atoms with Gasteiger partial charge in [-0.05, 0) is 29.5 Å². The lowest BCUT2D eigenvalue weighted by Crippen LogP contribution is -2.41. The van der Waals surface area contributed by atoms with Gasteiger partial charge in [0, 0.05) is 19.6 Å². The number of hydrogen-bond donors (Lipinski definition) is 1. The maximum absolute atomic E-state index is 13.0. The van der Waals surface area contributed by atoms with E-state index in [4.69, 9.17) is 10.5 Å². The van der Waals surface area contributed by atoms with Crippen molar-refractivity contribution in [2.24, 2.45) is 5.73 Å². The molecule has 2 aromatic carbocycles. The van der Waals surface area contributed by atoms with Gasteiger partial charge in [-0.15, -0.1) is 12.4 Å². The minimum absolute atomic E-state index is 0. The van der Waals surface area contributed by atoms with Crippen LogP contribution in [0.2, 0.25) is 0 Å². The number of benzene rings is 2. The Balaban J connectivity index is 0.00000225. The first-order valence-electron chi connectivity index (χ1n) is 8.52. The molecular formula is C20H25ClN2O2. The lowest BCUT2D eigenvalue weighted by Gasteiger charge is -2.31. The first-order valence-corrected chi connectivity index (χ1v) is 8.52. The third-order valence-corrected chi connectivity index (χ3v) is 4.44. The molecule has 0 bridgehead atoms. The van der Waals surface area contributed by atoms with Crippen LogP contribution in [0.5, 0.6) is 0 Å². The smallest absolute Gasteiger partial charge is 0.256 e. The van der Waals surface area contributed by atoms with Gasteiger partial charge in [-0.3, -0.25) is 4.79 Å². The van der Waals surface area contributed by atoms with E-state index in [9.17, 15) is 4.79 Å². The predicted molar refractivity (Wildman–Crippen MR) is 102 cm³/mol. The third kappa shape index (κ3) is 4.82. The Morgan fingerprint density at radius 3 is 2.56 bits per heavy atom. The number of halogens is 1. The van der Waals surface area contributed by atoms with Crippen molar-refractivity contribution in [2.45, 2.75) is 18.9 Å². The molecule has 0 saturated heterocycles. The minimum atomic E-state index is -0.503. The number of ether oxygens (including phenoxy) is 1. The molecule has 0 spiro atoms. The maximum Gasteiger partial charge on any atom is 0.256 e. The molecule has 0 aromatic heterocycles. The van der Waals surface area contributed by atoms with E-state index in [1.165, 1.54) is 11.1 Å².